The molecule has 0 spiro atoms. The summed E-state index contributed by atoms with van der Waals surface area (Å²) in [6.45, 7) is 8.03. The molecule has 0 bridgehead atoms. The highest BCUT2D eigenvalue weighted by Crippen LogP contribution is 2.39. The van der Waals surface area contributed by atoms with Crippen LogP contribution in [0, 0.1) is 0 Å². The van der Waals surface area contributed by atoms with Crippen LogP contribution in [-0.4, -0.2) is 9.97 Å². The molecule has 1 aromatic heterocycles. The summed E-state index contributed by atoms with van der Waals surface area (Å²) in [5.41, 5.74) is 4.05. The van der Waals surface area contributed by atoms with Gasteiger partial charge in [0.2, 0.25) is 0 Å². The molecule has 7 aromatic rings. The van der Waals surface area contributed by atoms with Crippen molar-refractivity contribution in [3.8, 4) is 22.5 Å². The Balaban J connectivity index is 1.52. The number of hydrogen-bond donors (Lipinski definition) is 0. The Morgan fingerprint density at radius 1 is 0.535 bits per heavy atom. The lowest BCUT2D eigenvalue weighted by atomic mass is 9.93. The molecule has 0 radical (unpaired) electrons. The summed E-state index contributed by atoms with van der Waals surface area (Å²) >= 11 is 0. The van der Waals surface area contributed by atoms with Crippen LogP contribution in [0.25, 0.3) is 65.6 Å². The van der Waals surface area contributed by atoms with E-state index in [0.717, 1.165) is 41.2 Å². The van der Waals surface area contributed by atoms with Gasteiger partial charge in [0.1, 0.15) is 5.82 Å². The lowest BCUT2D eigenvalue weighted by molar-refractivity contribution is 0.782. The molecule has 0 amide bonds. The summed E-state index contributed by atoms with van der Waals surface area (Å²) in [6.07, 6.45) is 9.81. The van der Waals surface area contributed by atoms with Crippen LogP contribution in [0.4, 0.5) is 0 Å². The van der Waals surface area contributed by atoms with E-state index in [1.807, 2.05) is 12.2 Å². The number of rotatable bonds is 8. The molecule has 7 rings (SSSR count). The highest BCUT2D eigenvalue weighted by Gasteiger charge is 2.18. The first-order chi connectivity index (χ1) is 21.2. The quantitative estimate of drug-likeness (QED) is 0.138. The summed E-state index contributed by atoms with van der Waals surface area (Å²) in [4.78, 5) is 10.5. The van der Waals surface area contributed by atoms with Gasteiger partial charge in [-0.3, -0.25) is 0 Å². The number of fused-ring (bicyclic) bond motifs is 6. The van der Waals surface area contributed by atoms with Crippen LogP contribution in [0.15, 0.2) is 153 Å². The van der Waals surface area contributed by atoms with Gasteiger partial charge in [-0.2, -0.15) is 0 Å². The first-order valence-corrected chi connectivity index (χ1v) is 14.8. The molecular weight excluding hydrogens is 520 g/mol. The number of benzene rings is 6. The predicted molar refractivity (Wildman–Crippen MR) is 184 cm³/mol. The van der Waals surface area contributed by atoms with Gasteiger partial charge in [0, 0.05) is 17.0 Å². The molecule has 1 atom stereocenters. The molecule has 1 unspecified atom stereocenters. The topological polar surface area (TPSA) is 25.8 Å². The van der Waals surface area contributed by atoms with Crippen LogP contribution >= 0.6 is 0 Å². The fourth-order valence-corrected chi connectivity index (χ4v) is 6.18. The third-order valence-electron chi connectivity index (χ3n) is 8.31. The van der Waals surface area contributed by atoms with Gasteiger partial charge in [-0.1, -0.05) is 121 Å². The van der Waals surface area contributed by atoms with Gasteiger partial charge in [0.05, 0.1) is 11.4 Å². The molecule has 206 valence electrons. The van der Waals surface area contributed by atoms with Crippen LogP contribution in [0.2, 0.25) is 0 Å². The standard InChI is InChI=1S/C41H32N2/c1-3-5-6-7-16-28(4-2)41-42-39(37-25-29-17-8-10-19-31(29)33-21-12-14-23-35(33)37)27-40(43-41)38-26-30-18-9-11-20-32(30)34-22-13-15-24-36(34)38/h3-4,6-15,17-28H,1-2,5,16H2/b7-6+. The van der Waals surface area contributed by atoms with E-state index >= 15 is 0 Å². The van der Waals surface area contributed by atoms with Crippen molar-refractivity contribution in [2.75, 3.05) is 0 Å². The zero-order valence-corrected chi connectivity index (χ0v) is 24.1. The Kier molecular flexibility index (Phi) is 7.10. The van der Waals surface area contributed by atoms with Crippen LogP contribution in [-0.2, 0) is 0 Å². The predicted octanol–water partition coefficient (Wildman–Crippen LogP) is 11.2. The Morgan fingerprint density at radius 2 is 1.00 bits per heavy atom. The van der Waals surface area contributed by atoms with E-state index in [4.69, 9.17) is 9.97 Å². The van der Waals surface area contributed by atoms with E-state index in [0.29, 0.717) is 0 Å². The second-order valence-electron chi connectivity index (χ2n) is 11.0. The van der Waals surface area contributed by atoms with Crippen LogP contribution in [0.5, 0.6) is 0 Å². The largest absolute Gasteiger partial charge is 0.232 e. The Labute approximate surface area is 252 Å². The number of nitrogens with zero attached hydrogens (tertiary/aromatic N) is 2. The normalized spacial score (nSPS) is 12.4. The van der Waals surface area contributed by atoms with Gasteiger partial charge >= 0.3 is 0 Å². The molecule has 0 saturated heterocycles. The summed E-state index contributed by atoms with van der Waals surface area (Å²) < 4.78 is 0. The highest BCUT2D eigenvalue weighted by molar-refractivity contribution is 6.15. The molecule has 2 nitrogen and oxygen atoms in total. The van der Waals surface area contributed by atoms with Crippen LogP contribution < -0.4 is 0 Å². The molecule has 43 heavy (non-hydrogen) atoms. The van der Waals surface area contributed by atoms with Gasteiger partial charge < -0.3 is 0 Å². The fourth-order valence-electron chi connectivity index (χ4n) is 6.18. The highest BCUT2D eigenvalue weighted by atomic mass is 14.9. The maximum atomic E-state index is 5.26. The average Bonchev–Trinajstić information content (AvgIpc) is 3.07. The van der Waals surface area contributed by atoms with E-state index in [1.54, 1.807) is 0 Å². The van der Waals surface area contributed by atoms with Crippen molar-refractivity contribution < 1.29 is 0 Å². The number of hydrogen-bond acceptors (Lipinski definition) is 2. The van der Waals surface area contributed by atoms with Crippen molar-refractivity contribution in [3.05, 3.63) is 159 Å². The smallest absolute Gasteiger partial charge is 0.136 e. The van der Waals surface area contributed by atoms with Crippen molar-refractivity contribution in [2.24, 2.45) is 0 Å². The fraction of sp³-hybridized carbons (Fsp3) is 0.0732. The summed E-state index contributed by atoms with van der Waals surface area (Å²) in [5, 5.41) is 9.69. The van der Waals surface area contributed by atoms with E-state index in [1.165, 1.54) is 43.1 Å². The van der Waals surface area contributed by atoms with Crippen molar-refractivity contribution in [1.82, 2.24) is 9.97 Å². The lowest BCUT2D eigenvalue weighted by Crippen LogP contribution is -2.05. The summed E-state index contributed by atoms with van der Waals surface area (Å²) in [7, 11) is 0. The van der Waals surface area contributed by atoms with Gasteiger partial charge in [-0.25, -0.2) is 9.97 Å². The van der Waals surface area contributed by atoms with Crippen molar-refractivity contribution in [1.29, 1.82) is 0 Å². The second kappa shape index (κ2) is 11.5. The Hall–Kier alpha value is -5.34. The van der Waals surface area contributed by atoms with E-state index in [2.05, 4.69) is 141 Å². The molecule has 0 aliphatic carbocycles. The molecule has 1 heterocycles. The third-order valence-corrected chi connectivity index (χ3v) is 8.31. The minimum atomic E-state index is -0.0294. The molecule has 0 fully saturated rings. The van der Waals surface area contributed by atoms with Crippen molar-refractivity contribution in [3.63, 3.8) is 0 Å². The Morgan fingerprint density at radius 3 is 1.49 bits per heavy atom. The molecule has 0 saturated carbocycles. The zero-order chi connectivity index (χ0) is 29.2. The average molecular weight is 553 g/mol. The SMILES string of the molecule is C=CC/C=C/CC(C=C)c1nc(-c2cc3ccccc3c3ccccc23)cc(-c2cc3ccccc3c3ccccc23)n1. The van der Waals surface area contributed by atoms with E-state index in [9.17, 15) is 0 Å². The maximum absolute atomic E-state index is 5.26. The maximum Gasteiger partial charge on any atom is 0.136 e. The second-order valence-corrected chi connectivity index (χ2v) is 11.0. The van der Waals surface area contributed by atoms with Gasteiger partial charge in [-0.05, 0) is 74.1 Å². The molecule has 0 aliphatic heterocycles. The van der Waals surface area contributed by atoms with E-state index < -0.39 is 0 Å². The molecular formula is C41H32N2. The number of aromatic nitrogens is 2. The molecule has 0 N–H and O–H groups in total. The minimum Gasteiger partial charge on any atom is -0.232 e. The van der Waals surface area contributed by atoms with Gasteiger partial charge in [0.25, 0.3) is 0 Å². The van der Waals surface area contributed by atoms with Gasteiger partial charge in [0.15, 0.2) is 0 Å². The van der Waals surface area contributed by atoms with Crippen LogP contribution in [0.3, 0.4) is 0 Å². The van der Waals surface area contributed by atoms with Crippen molar-refractivity contribution in [2.45, 2.75) is 18.8 Å². The first-order valence-electron chi connectivity index (χ1n) is 14.8. The van der Waals surface area contributed by atoms with Crippen molar-refractivity contribution >= 4 is 43.1 Å². The van der Waals surface area contributed by atoms with E-state index in [-0.39, 0.29) is 5.92 Å². The molecule has 2 heteroatoms. The zero-order valence-electron chi connectivity index (χ0n) is 24.1. The lowest BCUT2D eigenvalue weighted by Gasteiger charge is -2.17. The Bertz CT molecular complexity index is 2050. The molecule has 0 aliphatic rings. The summed E-state index contributed by atoms with van der Waals surface area (Å²) in [6, 6.07) is 41.1. The van der Waals surface area contributed by atoms with Crippen LogP contribution in [0.1, 0.15) is 24.6 Å². The monoisotopic (exact) mass is 552 g/mol. The first kappa shape index (κ1) is 26.6. The number of allylic oxidation sites excluding steroid dienone is 4. The van der Waals surface area contributed by atoms with Gasteiger partial charge in [-0.15, -0.1) is 13.2 Å². The summed E-state index contributed by atoms with van der Waals surface area (Å²) in [5.74, 6) is 0.749. The third kappa shape index (κ3) is 4.91. The minimum absolute atomic E-state index is 0.0294. The molecule has 6 aromatic carbocycles.